The molecule has 0 fully saturated rings. The first-order chi connectivity index (χ1) is 5.90. The summed E-state index contributed by atoms with van der Waals surface area (Å²) in [6.07, 6.45) is 5.90. The van der Waals surface area contributed by atoms with Crippen LogP contribution in [0.1, 0.15) is 27.2 Å². The van der Waals surface area contributed by atoms with Gasteiger partial charge in [0.05, 0.1) is 5.60 Å². The van der Waals surface area contributed by atoms with Gasteiger partial charge in [-0.1, -0.05) is 25.0 Å². The lowest BCUT2D eigenvalue weighted by atomic mass is 9.73. The maximum absolute atomic E-state index is 10.0. The average molecular weight is 176 g/mol. The summed E-state index contributed by atoms with van der Waals surface area (Å²) in [4.78, 5) is 0. The van der Waals surface area contributed by atoms with Crippen LogP contribution >= 0.6 is 0 Å². The number of rotatable bonds is 0. The highest BCUT2D eigenvalue weighted by Gasteiger charge is 2.34. The van der Waals surface area contributed by atoms with E-state index in [0.717, 1.165) is 11.1 Å². The molecule has 0 amide bonds. The third-order valence-corrected chi connectivity index (χ3v) is 3.04. The van der Waals surface area contributed by atoms with Crippen molar-refractivity contribution < 1.29 is 5.11 Å². The summed E-state index contributed by atoms with van der Waals surface area (Å²) in [6, 6.07) is 0. The van der Waals surface area contributed by atoms with Crippen LogP contribution in [0.15, 0.2) is 23.3 Å². The zero-order chi connectivity index (χ0) is 10.2. The molecule has 0 heterocycles. The van der Waals surface area contributed by atoms with Crippen molar-refractivity contribution >= 4 is 0 Å². The Morgan fingerprint density at radius 1 is 1.69 bits per heavy atom. The minimum Gasteiger partial charge on any atom is -0.385 e. The molecule has 1 nitrogen and oxygen atoms in total. The van der Waals surface area contributed by atoms with Gasteiger partial charge in [-0.3, -0.25) is 0 Å². The Kier molecular flexibility index (Phi) is 2.36. The largest absolute Gasteiger partial charge is 0.385 e. The van der Waals surface area contributed by atoms with E-state index in [1.807, 2.05) is 13.8 Å². The highest BCUT2D eigenvalue weighted by Crippen LogP contribution is 2.39. The fourth-order valence-corrected chi connectivity index (χ4v) is 1.75. The van der Waals surface area contributed by atoms with Crippen molar-refractivity contribution in [2.45, 2.75) is 32.8 Å². The molecule has 0 radical (unpaired) electrons. The Morgan fingerprint density at radius 3 is 2.69 bits per heavy atom. The summed E-state index contributed by atoms with van der Waals surface area (Å²) in [7, 11) is 0. The van der Waals surface area contributed by atoms with Crippen molar-refractivity contribution in [2.75, 3.05) is 0 Å². The SMILES string of the molecule is C#CC1=C(C)C(C)C(=C)C(C)(O)C1. The molecule has 1 heteroatoms. The van der Waals surface area contributed by atoms with Gasteiger partial charge < -0.3 is 5.11 Å². The molecule has 1 aliphatic rings. The van der Waals surface area contributed by atoms with E-state index in [0.29, 0.717) is 6.42 Å². The van der Waals surface area contributed by atoms with Gasteiger partial charge in [-0.2, -0.15) is 0 Å². The lowest BCUT2D eigenvalue weighted by Gasteiger charge is -2.36. The Labute approximate surface area is 80.2 Å². The number of aliphatic hydroxyl groups is 1. The van der Waals surface area contributed by atoms with Crippen LogP contribution in [0.4, 0.5) is 0 Å². The van der Waals surface area contributed by atoms with Gasteiger partial charge in [-0.05, 0) is 19.4 Å². The fourth-order valence-electron chi connectivity index (χ4n) is 1.75. The Morgan fingerprint density at radius 2 is 2.23 bits per heavy atom. The Hall–Kier alpha value is -1.00. The quantitative estimate of drug-likeness (QED) is 0.443. The fraction of sp³-hybridized carbons (Fsp3) is 0.500. The second-order valence-electron chi connectivity index (χ2n) is 4.00. The van der Waals surface area contributed by atoms with Crippen LogP contribution in [0, 0.1) is 18.3 Å². The molecular weight excluding hydrogens is 160 g/mol. The molecule has 70 valence electrons. The molecule has 0 saturated carbocycles. The van der Waals surface area contributed by atoms with Crippen LogP contribution < -0.4 is 0 Å². The van der Waals surface area contributed by atoms with Gasteiger partial charge in [-0.25, -0.2) is 0 Å². The molecular formula is C12H16O. The molecule has 0 bridgehead atoms. The molecule has 0 saturated heterocycles. The summed E-state index contributed by atoms with van der Waals surface area (Å²) in [5.74, 6) is 2.83. The van der Waals surface area contributed by atoms with Crippen LogP contribution in [-0.2, 0) is 0 Å². The molecule has 0 aliphatic heterocycles. The molecule has 0 aromatic carbocycles. The lowest BCUT2D eigenvalue weighted by Crippen LogP contribution is -2.34. The van der Waals surface area contributed by atoms with Crippen LogP contribution in [0.2, 0.25) is 0 Å². The minimum absolute atomic E-state index is 0.190. The Bertz CT molecular complexity index is 313. The zero-order valence-corrected chi connectivity index (χ0v) is 8.52. The van der Waals surface area contributed by atoms with E-state index in [2.05, 4.69) is 12.5 Å². The summed E-state index contributed by atoms with van der Waals surface area (Å²) in [5, 5.41) is 10.0. The van der Waals surface area contributed by atoms with Gasteiger partial charge in [0, 0.05) is 17.9 Å². The van der Waals surface area contributed by atoms with Crippen molar-refractivity contribution in [3.05, 3.63) is 23.3 Å². The van der Waals surface area contributed by atoms with E-state index in [-0.39, 0.29) is 5.92 Å². The predicted molar refractivity (Wildman–Crippen MR) is 55.1 cm³/mol. The molecule has 1 aliphatic carbocycles. The van der Waals surface area contributed by atoms with Crippen LogP contribution in [0.3, 0.4) is 0 Å². The van der Waals surface area contributed by atoms with Gasteiger partial charge >= 0.3 is 0 Å². The zero-order valence-electron chi connectivity index (χ0n) is 8.52. The normalized spacial score (nSPS) is 34.7. The molecule has 1 N–H and O–H groups in total. The first kappa shape index (κ1) is 10.1. The van der Waals surface area contributed by atoms with Crippen LogP contribution in [-0.4, -0.2) is 10.7 Å². The van der Waals surface area contributed by atoms with Gasteiger partial charge in [0.2, 0.25) is 0 Å². The van der Waals surface area contributed by atoms with E-state index >= 15 is 0 Å². The number of allylic oxidation sites excluding steroid dienone is 1. The smallest absolute Gasteiger partial charge is 0.0878 e. The third kappa shape index (κ3) is 1.55. The molecule has 0 aromatic rings. The van der Waals surface area contributed by atoms with Gasteiger partial charge in [0.25, 0.3) is 0 Å². The summed E-state index contributed by atoms with van der Waals surface area (Å²) < 4.78 is 0. The maximum Gasteiger partial charge on any atom is 0.0878 e. The lowest BCUT2D eigenvalue weighted by molar-refractivity contribution is 0.0869. The van der Waals surface area contributed by atoms with Crippen molar-refractivity contribution in [2.24, 2.45) is 5.92 Å². The highest BCUT2D eigenvalue weighted by molar-refractivity contribution is 5.42. The van der Waals surface area contributed by atoms with Crippen LogP contribution in [0.5, 0.6) is 0 Å². The van der Waals surface area contributed by atoms with Gasteiger partial charge in [-0.15, -0.1) is 6.42 Å². The van der Waals surface area contributed by atoms with E-state index in [1.165, 1.54) is 5.57 Å². The maximum atomic E-state index is 10.0. The van der Waals surface area contributed by atoms with E-state index in [1.54, 1.807) is 6.92 Å². The van der Waals surface area contributed by atoms with E-state index in [4.69, 9.17) is 6.42 Å². The summed E-state index contributed by atoms with van der Waals surface area (Å²) >= 11 is 0. The second kappa shape index (κ2) is 3.05. The molecule has 0 spiro atoms. The first-order valence-electron chi connectivity index (χ1n) is 4.48. The predicted octanol–water partition coefficient (Wildman–Crippen LogP) is 2.28. The highest BCUT2D eigenvalue weighted by atomic mass is 16.3. The molecule has 1 rings (SSSR count). The van der Waals surface area contributed by atoms with Crippen molar-refractivity contribution in [1.82, 2.24) is 0 Å². The first-order valence-corrected chi connectivity index (χ1v) is 4.48. The third-order valence-electron chi connectivity index (χ3n) is 3.04. The summed E-state index contributed by atoms with van der Waals surface area (Å²) in [5.41, 5.74) is 2.12. The Balaban J connectivity index is 3.17. The monoisotopic (exact) mass is 176 g/mol. The number of hydrogen-bond acceptors (Lipinski definition) is 1. The topological polar surface area (TPSA) is 20.2 Å². The van der Waals surface area contributed by atoms with Gasteiger partial charge in [0.15, 0.2) is 0 Å². The average Bonchev–Trinajstić information content (AvgIpc) is 2.08. The number of hydrogen-bond donors (Lipinski definition) is 1. The van der Waals surface area contributed by atoms with E-state index in [9.17, 15) is 5.11 Å². The standard InChI is InChI=1S/C12H16O/c1-6-11-7-12(5,13)10(4)8(2)9(11)3/h1,8,13H,4,7H2,2-3,5H3. The van der Waals surface area contributed by atoms with Gasteiger partial charge in [0.1, 0.15) is 0 Å². The van der Waals surface area contributed by atoms with Crippen molar-refractivity contribution in [1.29, 1.82) is 0 Å². The molecule has 2 atom stereocenters. The van der Waals surface area contributed by atoms with Crippen LogP contribution in [0.25, 0.3) is 0 Å². The number of terminal acetylenes is 1. The van der Waals surface area contributed by atoms with Crippen molar-refractivity contribution in [3.63, 3.8) is 0 Å². The molecule has 13 heavy (non-hydrogen) atoms. The molecule has 0 aromatic heterocycles. The molecule has 2 unspecified atom stereocenters. The van der Waals surface area contributed by atoms with Crippen molar-refractivity contribution in [3.8, 4) is 12.3 Å². The minimum atomic E-state index is -0.833. The van der Waals surface area contributed by atoms with E-state index < -0.39 is 5.60 Å². The second-order valence-corrected chi connectivity index (χ2v) is 4.00. The summed E-state index contributed by atoms with van der Waals surface area (Å²) in [6.45, 7) is 9.73.